The lowest BCUT2D eigenvalue weighted by Crippen LogP contribution is -2.25. The van der Waals surface area contributed by atoms with Gasteiger partial charge in [0.2, 0.25) is 6.08 Å². The van der Waals surface area contributed by atoms with E-state index in [-0.39, 0.29) is 0 Å². The fourth-order valence-corrected chi connectivity index (χ4v) is 2.25. The lowest BCUT2D eigenvalue weighted by atomic mass is 10.9. The molecule has 0 aliphatic carbocycles. The summed E-state index contributed by atoms with van der Waals surface area (Å²) in [7, 11) is -0.671. The largest absolute Gasteiger partial charge is 0.231 e. The van der Waals surface area contributed by atoms with Crippen LogP contribution < -0.4 is 0 Å². The number of carbonyl (C=O) groups excluding carboxylic acids is 1. The number of isocyanates is 1. The van der Waals surface area contributed by atoms with Gasteiger partial charge in [-0.1, -0.05) is 45.5 Å². The van der Waals surface area contributed by atoms with Gasteiger partial charge in [0.25, 0.3) is 0 Å². The fourth-order valence-electron chi connectivity index (χ4n) is 0.750. The molecule has 0 fully saturated rings. The lowest BCUT2D eigenvalue weighted by Gasteiger charge is -2.20. The van der Waals surface area contributed by atoms with Gasteiger partial charge in [0.05, 0.1) is 0 Å². The van der Waals surface area contributed by atoms with Gasteiger partial charge in [-0.3, -0.25) is 0 Å². The molecule has 0 aromatic carbocycles. The Morgan fingerprint density at radius 3 is 1.36 bits per heavy atom. The van der Waals surface area contributed by atoms with Crippen LogP contribution in [0.15, 0.2) is 0 Å². The van der Waals surface area contributed by atoms with E-state index in [1.54, 1.807) is 0 Å². The van der Waals surface area contributed by atoms with E-state index in [1.165, 1.54) is 18.1 Å². The number of rotatable bonds is 3. The van der Waals surface area contributed by atoms with E-state index in [9.17, 15) is 0 Å². The van der Waals surface area contributed by atoms with Gasteiger partial charge in [-0.2, -0.15) is 0 Å². The Kier molecular flexibility index (Phi) is 9.25. The third-order valence-corrected chi connectivity index (χ3v) is 7.68. The molecule has 2 nitrogen and oxygen atoms in total. The second-order valence-corrected chi connectivity index (χ2v) is 8.72. The van der Waals surface area contributed by atoms with E-state index in [1.807, 2.05) is 0 Å². The third-order valence-electron chi connectivity index (χ3n) is 2.56. The minimum atomic E-state index is -0.671. The Labute approximate surface area is 70.5 Å². The smallest absolute Gasteiger partial charge is 0.222 e. The summed E-state index contributed by atoms with van der Waals surface area (Å²) < 4.78 is 0. The normalized spacial score (nSPS) is 9.45. The van der Waals surface area contributed by atoms with Crippen LogP contribution in [0.3, 0.4) is 0 Å². The Morgan fingerprint density at radius 1 is 1.18 bits per heavy atom. The highest BCUT2D eigenvalue weighted by atomic mass is 28.3. The van der Waals surface area contributed by atoms with Crippen molar-refractivity contribution in [3.63, 3.8) is 0 Å². The molecule has 0 unspecified atom stereocenters. The fraction of sp³-hybridized carbons (Fsp3) is 0.875. The predicted molar refractivity (Wildman–Crippen MR) is 51.5 cm³/mol. The second-order valence-electron chi connectivity index (χ2n) is 2.97. The molecule has 0 aliphatic heterocycles. The molecule has 3 heteroatoms. The predicted octanol–water partition coefficient (Wildman–Crippen LogP) is 3.03. The second kappa shape index (κ2) is 7.70. The molecule has 0 amide bonds. The van der Waals surface area contributed by atoms with E-state index in [4.69, 9.17) is 10.2 Å². The summed E-state index contributed by atoms with van der Waals surface area (Å²) in [5.74, 6) is 0. The molecule has 0 aromatic heterocycles. The van der Waals surface area contributed by atoms with Crippen LogP contribution in [0.2, 0.25) is 24.7 Å². The average molecular weight is 173 g/mol. The van der Waals surface area contributed by atoms with Crippen molar-refractivity contribution in [3.05, 3.63) is 0 Å². The van der Waals surface area contributed by atoms with Gasteiger partial charge in [0.1, 0.15) is 0 Å². The molecule has 66 valence electrons. The molecule has 0 rings (SSSR count). The topological polar surface area (TPSA) is 40.9 Å². The van der Waals surface area contributed by atoms with Crippen LogP contribution in [0, 0.1) is 5.41 Å². The van der Waals surface area contributed by atoms with E-state index in [2.05, 4.69) is 27.3 Å². The van der Waals surface area contributed by atoms with Crippen LogP contribution in [0.25, 0.3) is 0 Å². The third kappa shape index (κ3) is 7.49. The molecule has 0 heterocycles. The van der Waals surface area contributed by atoms with Crippen LogP contribution in [-0.2, 0) is 4.79 Å². The molecule has 0 atom stereocenters. The van der Waals surface area contributed by atoms with Crippen molar-refractivity contribution in [1.82, 2.24) is 0 Å². The average Bonchev–Trinajstić information content (AvgIpc) is 2.05. The minimum absolute atomic E-state index is 0.671. The molecule has 0 spiro atoms. The minimum Gasteiger partial charge on any atom is -0.222 e. The molecule has 0 bridgehead atoms. The van der Waals surface area contributed by atoms with Gasteiger partial charge in [-0.15, -0.1) is 0 Å². The van der Waals surface area contributed by atoms with Gasteiger partial charge >= 0.3 is 0 Å². The first-order valence-corrected chi connectivity index (χ1v) is 7.26. The molecule has 1 N–H and O–H groups in total. The monoisotopic (exact) mass is 173 g/mol. The van der Waals surface area contributed by atoms with Crippen molar-refractivity contribution >= 4 is 14.2 Å². The molecule has 0 saturated carbocycles. The molecule has 0 aliphatic rings. The maximum absolute atomic E-state index is 8.35. The van der Waals surface area contributed by atoms with E-state index in [0.717, 1.165) is 6.08 Å². The Balaban J connectivity index is 0. The van der Waals surface area contributed by atoms with Crippen LogP contribution in [0.1, 0.15) is 20.8 Å². The van der Waals surface area contributed by atoms with Gasteiger partial charge in [0, 0.05) is 8.07 Å². The molecule has 0 radical (unpaired) electrons. The molecular formula is C8H19NOSi. The molecule has 0 aromatic rings. The maximum Gasteiger partial charge on any atom is 0.231 e. The summed E-state index contributed by atoms with van der Waals surface area (Å²) in [5.41, 5.74) is 0. The lowest BCUT2D eigenvalue weighted by molar-refractivity contribution is 0.563. The molecule has 0 saturated heterocycles. The SMILES string of the molecule is CC[Si](C)(CC)CC.N=C=O. The Hall–Kier alpha value is -0.403. The van der Waals surface area contributed by atoms with Crippen LogP contribution in [0.5, 0.6) is 0 Å². The van der Waals surface area contributed by atoms with E-state index in [0.29, 0.717) is 0 Å². The van der Waals surface area contributed by atoms with Crippen molar-refractivity contribution in [3.8, 4) is 0 Å². The summed E-state index contributed by atoms with van der Waals surface area (Å²) in [6.07, 6.45) is 0.750. The van der Waals surface area contributed by atoms with Gasteiger partial charge in [-0.05, 0) is 0 Å². The van der Waals surface area contributed by atoms with Crippen LogP contribution in [-0.4, -0.2) is 14.2 Å². The van der Waals surface area contributed by atoms with Crippen molar-refractivity contribution in [1.29, 1.82) is 5.41 Å². The van der Waals surface area contributed by atoms with Gasteiger partial charge in [-0.25, -0.2) is 10.2 Å². The first-order valence-electron chi connectivity index (χ1n) is 4.14. The molecule has 11 heavy (non-hydrogen) atoms. The highest BCUT2D eigenvalue weighted by Crippen LogP contribution is 2.18. The summed E-state index contributed by atoms with van der Waals surface area (Å²) in [6.45, 7) is 9.49. The number of hydrogen-bond acceptors (Lipinski definition) is 2. The summed E-state index contributed by atoms with van der Waals surface area (Å²) in [6, 6.07) is 4.38. The Morgan fingerprint density at radius 2 is 1.36 bits per heavy atom. The van der Waals surface area contributed by atoms with Crippen molar-refractivity contribution in [2.45, 2.75) is 45.5 Å². The zero-order valence-electron chi connectivity index (χ0n) is 8.03. The first-order chi connectivity index (χ1) is 5.10. The standard InChI is InChI=1S/C7H18Si.CHNO/c1-5-8(4,6-2)7-3;2-1-3/h5-7H2,1-4H3;2H. The highest BCUT2D eigenvalue weighted by Gasteiger charge is 2.18. The van der Waals surface area contributed by atoms with Gasteiger partial charge in [0.15, 0.2) is 0 Å². The van der Waals surface area contributed by atoms with Gasteiger partial charge < -0.3 is 0 Å². The summed E-state index contributed by atoms with van der Waals surface area (Å²) >= 11 is 0. The summed E-state index contributed by atoms with van der Waals surface area (Å²) in [5, 5.41) is 5.40. The quantitative estimate of drug-likeness (QED) is 0.398. The van der Waals surface area contributed by atoms with E-state index < -0.39 is 8.07 Å². The van der Waals surface area contributed by atoms with Crippen LogP contribution in [0.4, 0.5) is 0 Å². The molecular weight excluding hydrogens is 154 g/mol. The highest BCUT2D eigenvalue weighted by molar-refractivity contribution is 6.78. The Bertz CT molecular complexity index is 107. The number of hydrogen-bond donors (Lipinski definition) is 1. The maximum atomic E-state index is 8.35. The summed E-state index contributed by atoms with van der Waals surface area (Å²) in [4.78, 5) is 8.35. The zero-order valence-corrected chi connectivity index (χ0v) is 9.03. The van der Waals surface area contributed by atoms with Crippen LogP contribution >= 0.6 is 0 Å². The first kappa shape index (κ1) is 13.2. The van der Waals surface area contributed by atoms with Crippen molar-refractivity contribution in [2.75, 3.05) is 0 Å². The van der Waals surface area contributed by atoms with Crippen molar-refractivity contribution < 1.29 is 4.79 Å². The van der Waals surface area contributed by atoms with E-state index >= 15 is 0 Å². The zero-order chi connectivity index (χ0) is 9.33. The number of nitrogens with one attached hydrogen (secondary N) is 1. The van der Waals surface area contributed by atoms with Crippen molar-refractivity contribution in [2.24, 2.45) is 0 Å².